The summed E-state index contributed by atoms with van der Waals surface area (Å²) in [5.74, 6) is 1.16. The van der Waals surface area contributed by atoms with Crippen molar-refractivity contribution in [3.63, 3.8) is 0 Å². The average Bonchev–Trinajstić information content (AvgIpc) is 2.64. The second-order valence-electron chi connectivity index (χ2n) is 5.38. The van der Waals surface area contributed by atoms with Crippen molar-refractivity contribution in [1.29, 1.82) is 0 Å². The maximum Gasteiger partial charge on any atom is 0.188 e. The van der Waals surface area contributed by atoms with Crippen LogP contribution in [0.2, 0.25) is 10.0 Å². The molecule has 0 bridgehead atoms. The smallest absolute Gasteiger partial charge is 0.188 e. The molecule has 0 unspecified atom stereocenters. The highest BCUT2D eigenvalue weighted by Crippen LogP contribution is 2.29. The van der Waals surface area contributed by atoms with Gasteiger partial charge in [-0.3, -0.25) is 4.79 Å². The number of hydrogen-bond acceptors (Lipinski definition) is 3. The van der Waals surface area contributed by atoms with Crippen LogP contribution in [0.5, 0.6) is 11.5 Å². The van der Waals surface area contributed by atoms with E-state index in [4.69, 9.17) is 27.9 Å². The average molecular weight is 384 g/mol. The monoisotopic (exact) mass is 383 g/mol. The number of halogens is 2. The highest BCUT2D eigenvalue weighted by atomic mass is 35.5. The van der Waals surface area contributed by atoms with Crippen molar-refractivity contribution in [2.24, 2.45) is 0 Å². The molecule has 0 aliphatic heterocycles. The van der Waals surface area contributed by atoms with E-state index in [0.717, 1.165) is 11.4 Å². The molecule has 0 aromatic heterocycles. The fourth-order valence-corrected chi connectivity index (χ4v) is 2.78. The Morgan fingerprint density at radius 3 is 2.42 bits per heavy atom. The lowest BCUT2D eigenvalue weighted by Crippen LogP contribution is -1.98. The first-order chi connectivity index (χ1) is 12.6. The topological polar surface area (TPSA) is 38.3 Å². The number of carbonyl (C=O) groups is 1. The Labute approximate surface area is 161 Å². The fraction of sp³-hybridized carbons (Fsp3) is 0. The van der Waals surface area contributed by atoms with Crippen LogP contribution in [0.25, 0.3) is 0 Å². The maximum absolute atomic E-state index is 12.3. The predicted octanol–water partition coefficient (Wildman–Crippen LogP) is 6.59. The first kappa shape index (κ1) is 18.1. The van der Waals surface area contributed by atoms with Crippen molar-refractivity contribution in [2.45, 2.75) is 0 Å². The molecular weight excluding hydrogens is 369 g/mol. The fourth-order valence-electron chi connectivity index (χ4n) is 2.28. The molecule has 0 amide bonds. The van der Waals surface area contributed by atoms with Gasteiger partial charge in [0, 0.05) is 22.9 Å². The van der Waals surface area contributed by atoms with Gasteiger partial charge in [0.15, 0.2) is 11.5 Å². The van der Waals surface area contributed by atoms with Crippen LogP contribution >= 0.6 is 23.2 Å². The lowest BCUT2D eigenvalue weighted by Gasteiger charge is -2.10. The summed E-state index contributed by atoms with van der Waals surface area (Å²) in [6.45, 7) is 0. The Kier molecular flexibility index (Phi) is 5.95. The normalized spacial score (nSPS) is 10.7. The van der Waals surface area contributed by atoms with Gasteiger partial charge in [0.05, 0.1) is 10.7 Å². The van der Waals surface area contributed by atoms with E-state index in [0.29, 0.717) is 21.4 Å². The third kappa shape index (κ3) is 4.66. The molecule has 0 saturated carbocycles. The van der Waals surface area contributed by atoms with E-state index in [2.05, 4.69) is 5.32 Å². The second kappa shape index (κ2) is 8.56. The minimum Gasteiger partial charge on any atom is -0.455 e. The van der Waals surface area contributed by atoms with Gasteiger partial charge in [-0.25, -0.2) is 0 Å². The molecule has 0 aliphatic carbocycles. The SMILES string of the molecule is O=C(/C=C/Nc1ccccc1Oc1ccccc1)c1ccc(Cl)cc1Cl. The third-order valence-electron chi connectivity index (χ3n) is 3.53. The number of ether oxygens (including phenoxy) is 1. The van der Waals surface area contributed by atoms with Crippen LogP contribution in [-0.2, 0) is 0 Å². The molecule has 0 radical (unpaired) electrons. The van der Waals surface area contributed by atoms with Crippen molar-refractivity contribution >= 4 is 34.7 Å². The Morgan fingerprint density at radius 1 is 0.923 bits per heavy atom. The predicted molar refractivity (Wildman–Crippen MR) is 107 cm³/mol. The van der Waals surface area contributed by atoms with Gasteiger partial charge in [-0.05, 0) is 42.5 Å². The van der Waals surface area contributed by atoms with E-state index in [1.54, 1.807) is 24.4 Å². The van der Waals surface area contributed by atoms with Gasteiger partial charge in [0.1, 0.15) is 5.75 Å². The third-order valence-corrected chi connectivity index (χ3v) is 4.08. The number of nitrogens with one attached hydrogen (secondary N) is 1. The van der Waals surface area contributed by atoms with Gasteiger partial charge >= 0.3 is 0 Å². The number of ketones is 1. The zero-order valence-electron chi connectivity index (χ0n) is 13.7. The standard InChI is InChI=1S/C21H15Cl2NO2/c22-15-10-11-17(18(23)14-15)20(25)12-13-24-19-8-4-5-9-21(19)26-16-6-2-1-3-7-16/h1-14,24H/b13-12+. The number of rotatable bonds is 6. The van der Waals surface area contributed by atoms with E-state index >= 15 is 0 Å². The van der Waals surface area contributed by atoms with Gasteiger partial charge in [-0.15, -0.1) is 0 Å². The molecule has 3 nitrogen and oxygen atoms in total. The highest BCUT2D eigenvalue weighted by Gasteiger charge is 2.08. The Morgan fingerprint density at radius 2 is 1.65 bits per heavy atom. The van der Waals surface area contributed by atoms with Crippen LogP contribution in [0, 0.1) is 0 Å². The van der Waals surface area contributed by atoms with Gasteiger partial charge in [-0.2, -0.15) is 0 Å². The number of allylic oxidation sites excluding steroid dienone is 1. The van der Waals surface area contributed by atoms with Crippen LogP contribution in [0.4, 0.5) is 5.69 Å². The lowest BCUT2D eigenvalue weighted by molar-refractivity contribution is 0.104. The molecule has 26 heavy (non-hydrogen) atoms. The highest BCUT2D eigenvalue weighted by molar-refractivity contribution is 6.37. The Hall–Kier alpha value is -2.75. The van der Waals surface area contributed by atoms with E-state index < -0.39 is 0 Å². The van der Waals surface area contributed by atoms with Crippen LogP contribution in [-0.4, -0.2) is 5.78 Å². The van der Waals surface area contributed by atoms with Crippen molar-refractivity contribution in [3.05, 3.63) is 101 Å². The van der Waals surface area contributed by atoms with Gasteiger partial charge in [0.25, 0.3) is 0 Å². The number of benzene rings is 3. The molecule has 0 heterocycles. The first-order valence-corrected chi connectivity index (χ1v) is 8.63. The summed E-state index contributed by atoms with van der Waals surface area (Å²) in [5, 5.41) is 3.88. The quantitative estimate of drug-likeness (QED) is 0.385. The second-order valence-corrected chi connectivity index (χ2v) is 6.22. The molecule has 5 heteroatoms. The summed E-state index contributed by atoms with van der Waals surface area (Å²) in [5.41, 5.74) is 1.13. The van der Waals surface area contributed by atoms with Gasteiger partial charge in [-0.1, -0.05) is 53.5 Å². The van der Waals surface area contributed by atoms with Crippen molar-refractivity contribution < 1.29 is 9.53 Å². The zero-order valence-corrected chi connectivity index (χ0v) is 15.2. The molecule has 0 saturated heterocycles. The van der Waals surface area contributed by atoms with E-state index in [1.165, 1.54) is 6.08 Å². The number of hydrogen-bond donors (Lipinski definition) is 1. The van der Waals surface area contributed by atoms with E-state index in [9.17, 15) is 4.79 Å². The molecule has 3 aromatic rings. The van der Waals surface area contributed by atoms with Gasteiger partial charge < -0.3 is 10.1 Å². The van der Waals surface area contributed by atoms with Crippen LogP contribution in [0.3, 0.4) is 0 Å². The number of carbonyl (C=O) groups excluding carboxylic acids is 1. The summed E-state index contributed by atoms with van der Waals surface area (Å²) in [7, 11) is 0. The summed E-state index contributed by atoms with van der Waals surface area (Å²) < 4.78 is 5.87. The van der Waals surface area contributed by atoms with Crippen molar-refractivity contribution in [2.75, 3.05) is 5.32 Å². The molecule has 130 valence electrons. The Balaban J connectivity index is 1.71. The first-order valence-electron chi connectivity index (χ1n) is 7.88. The van der Waals surface area contributed by atoms with Crippen molar-refractivity contribution in [3.8, 4) is 11.5 Å². The zero-order chi connectivity index (χ0) is 18.4. The summed E-state index contributed by atoms with van der Waals surface area (Å²) >= 11 is 11.9. The molecule has 3 rings (SSSR count). The van der Waals surface area contributed by atoms with Crippen molar-refractivity contribution in [1.82, 2.24) is 0 Å². The van der Waals surface area contributed by atoms with Crippen LogP contribution in [0.15, 0.2) is 85.1 Å². The summed E-state index contributed by atoms with van der Waals surface area (Å²) in [6, 6.07) is 21.7. The Bertz CT molecular complexity index is 940. The number of anilines is 1. The minimum atomic E-state index is -0.222. The molecule has 3 aromatic carbocycles. The molecule has 0 aliphatic rings. The van der Waals surface area contributed by atoms with E-state index in [-0.39, 0.29) is 5.78 Å². The molecule has 1 N–H and O–H groups in total. The molecular formula is C21H15Cl2NO2. The van der Waals surface area contributed by atoms with Gasteiger partial charge in [0.2, 0.25) is 0 Å². The molecule has 0 fully saturated rings. The largest absolute Gasteiger partial charge is 0.455 e. The lowest BCUT2D eigenvalue weighted by atomic mass is 10.1. The van der Waals surface area contributed by atoms with Crippen LogP contribution in [0.1, 0.15) is 10.4 Å². The summed E-state index contributed by atoms with van der Waals surface area (Å²) in [6.07, 6.45) is 2.97. The number of para-hydroxylation sites is 3. The minimum absolute atomic E-state index is 0.222. The molecule has 0 atom stereocenters. The maximum atomic E-state index is 12.3. The summed E-state index contributed by atoms with van der Waals surface area (Å²) in [4.78, 5) is 12.3. The van der Waals surface area contributed by atoms with Crippen LogP contribution < -0.4 is 10.1 Å². The molecule has 0 spiro atoms. The van der Waals surface area contributed by atoms with E-state index in [1.807, 2.05) is 54.6 Å².